The van der Waals surface area contributed by atoms with Crippen molar-refractivity contribution in [3.05, 3.63) is 0 Å². The van der Waals surface area contributed by atoms with E-state index in [1.54, 1.807) is 0 Å². The molecule has 5 rings (SSSR count). The summed E-state index contributed by atoms with van der Waals surface area (Å²) >= 11 is 0. The quantitative estimate of drug-likeness (QED) is 0.215. The van der Waals surface area contributed by atoms with E-state index >= 15 is 0 Å². The fourth-order valence-corrected chi connectivity index (χ4v) is 8.57. The standard InChI is InChI=1S/C27H36F2O12S/c1-6-26(11-13-9-10-25(26,5)24(13,3)4)41-23(33)17-16-18-21(40-22(16)32)20(19(17)39-18)38-15(31)8-7-14(30)37-12(2)27(28,29)42(34,35)36/h12-13,16-21H,6-11H2,1-5H3,(H,34,35,36)/t12?,13?,16?,17-,18?,19?,20?,21?,25?,26?/m1/s1. The second kappa shape index (κ2) is 9.81. The van der Waals surface area contributed by atoms with Crippen LogP contribution in [-0.2, 0) is 53.0 Å². The first kappa shape index (κ1) is 31.0. The van der Waals surface area contributed by atoms with Gasteiger partial charge in [0.25, 0.3) is 0 Å². The fraction of sp³-hybridized carbons (Fsp3) is 0.852. The minimum atomic E-state index is -5.84. The molecular weight excluding hydrogens is 586 g/mol. The zero-order chi connectivity index (χ0) is 31.2. The first-order valence-electron chi connectivity index (χ1n) is 14.1. The Bertz CT molecular complexity index is 1300. The molecule has 2 saturated carbocycles. The molecule has 5 fully saturated rings. The van der Waals surface area contributed by atoms with Crippen LogP contribution in [-0.4, -0.2) is 78.2 Å². The molecule has 0 aromatic heterocycles. The molecule has 0 spiro atoms. The predicted molar refractivity (Wildman–Crippen MR) is 135 cm³/mol. The topological polar surface area (TPSA) is 169 Å². The van der Waals surface area contributed by atoms with Crippen molar-refractivity contribution in [1.29, 1.82) is 0 Å². The molecule has 3 heterocycles. The molecule has 1 N–H and O–H groups in total. The van der Waals surface area contributed by atoms with Crippen LogP contribution in [0.4, 0.5) is 8.78 Å². The smallest absolute Gasteiger partial charge is 0.405 e. The van der Waals surface area contributed by atoms with Gasteiger partial charge in [0.15, 0.2) is 18.3 Å². The molecule has 10 atom stereocenters. The van der Waals surface area contributed by atoms with Crippen molar-refractivity contribution in [2.45, 2.75) is 115 Å². The van der Waals surface area contributed by atoms with Crippen LogP contribution in [0, 0.1) is 28.6 Å². The minimum absolute atomic E-state index is 0.0505. The molecule has 9 unspecified atom stereocenters. The van der Waals surface area contributed by atoms with E-state index in [0.717, 1.165) is 12.8 Å². The van der Waals surface area contributed by atoms with E-state index in [1.165, 1.54) is 0 Å². The number of carbonyl (C=O) groups is 4. The second-order valence-corrected chi connectivity index (χ2v) is 14.4. The summed E-state index contributed by atoms with van der Waals surface area (Å²) in [6.07, 6.45) is -4.64. The summed E-state index contributed by atoms with van der Waals surface area (Å²) in [5.74, 6) is -5.19. The van der Waals surface area contributed by atoms with Crippen LogP contribution >= 0.6 is 0 Å². The largest absolute Gasteiger partial charge is 0.458 e. The molecule has 42 heavy (non-hydrogen) atoms. The van der Waals surface area contributed by atoms with Crippen LogP contribution in [0.3, 0.4) is 0 Å². The van der Waals surface area contributed by atoms with Crippen molar-refractivity contribution in [3.8, 4) is 0 Å². The van der Waals surface area contributed by atoms with E-state index in [0.29, 0.717) is 25.7 Å². The summed E-state index contributed by atoms with van der Waals surface area (Å²) in [6, 6.07) is 0. The van der Waals surface area contributed by atoms with Crippen LogP contribution in [0.25, 0.3) is 0 Å². The van der Waals surface area contributed by atoms with Gasteiger partial charge in [0, 0.05) is 5.41 Å². The fourth-order valence-electron chi connectivity index (χ4n) is 8.10. The Labute approximate surface area is 241 Å². The summed E-state index contributed by atoms with van der Waals surface area (Å²) in [6.45, 7) is 9.09. The summed E-state index contributed by atoms with van der Waals surface area (Å²) in [5.41, 5.74) is -1.04. The van der Waals surface area contributed by atoms with Gasteiger partial charge in [0.1, 0.15) is 29.6 Å². The number of hydrogen-bond donors (Lipinski definition) is 1. The van der Waals surface area contributed by atoms with E-state index in [4.69, 9.17) is 23.5 Å². The number of fused-ring (bicyclic) bond motifs is 3. The third kappa shape index (κ3) is 4.27. The summed E-state index contributed by atoms with van der Waals surface area (Å²) in [5, 5.41) is -4.75. The number of esters is 4. The number of rotatable bonds is 10. The molecule has 0 amide bonds. The highest BCUT2D eigenvalue weighted by Crippen LogP contribution is 2.71. The van der Waals surface area contributed by atoms with E-state index in [1.807, 2.05) is 6.92 Å². The van der Waals surface area contributed by atoms with Crippen LogP contribution in [0.5, 0.6) is 0 Å². The van der Waals surface area contributed by atoms with E-state index in [2.05, 4.69) is 25.5 Å². The van der Waals surface area contributed by atoms with Crippen molar-refractivity contribution >= 4 is 34.0 Å². The Kier molecular flexibility index (Phi) is 7.25. The summed E-state index contributed by atoms with van der Waals surface area (Å²) in [7, 11) is -5.84. The highest BCUT2D eigenvalue weighted by Gasteiger charge is 2.74. The van der Waals surface area contributed by atoms with Gasteiger partial charge in [-0.3, -0.25) is 23.7 Å². The predicted octanol–water partition coefficient (Wildman–Crippen LogP) is 2.57. The number of carbonyl (C=O) groups excluding carboxylic acids is 4. The monoisotopic (exact) mass is 622 g/mol. The maximum Gasteiger partial charge on any atom is 0.405 e. The van der Waals surface area contributed by atoms with Crippen molar-refractivity contribution in [1.82, 2.24) is 0 Å². The molecule has 4 bridgehead atoms. The number of ether oxygens (including phenoxy) is 5. The molecule has 0 aromatic carbocycles. The van der Waals surface area contributed by atoms with Crippen molar-refractivity contribution in [3.63, 3.8) is 0 Å². The van der Waals surface area contributed by atoms with Gasteiger partial charge < -0.3 is 23.7 Å². The lowest BCUT2D eigenvalue weighted by Crippen LogP contribution is -2.53. The zero-order valence-corrected chi connectivity index (χ0v) is 24.8. The van der Waals surface area contributed by atoms with Crippen LogP contribution < -0.4 is 0 Å². The van der Waals surface area contributed by atoms with Crippen LogP contribution in [0.15, 0.2) is 0 Å². The molecule has 12 nitrogen and oxygen atoms in total. The Balaban J connectivity index is 1.24. The first-order valence-corrected chi connectivity index (χ1v) is 15.6. The van der Waals surface area contributed by atoms with E-state index in [9.17, 15) is 36.4 Å². The van der Waals surface area contributed by atoms with Gasteiger partial charge in [-0.25, -0.2) is 0 Å². The molecule has 3 saturated heterocycles. The lowest BCUT2D eigenvalue weighted by atomic mass is 9.63. The lowest BCUT2D eigenvalue weighted by molar-refractivity contribution is -0.190. The zero-order valence-electron chi connectivity index (χ0n) is 24.0. The van der Waals surface area contributed by atoms with E-state index < -0.39 is 100 Å². The molecule has 236 valence electrons. The number of alkyl halides is 2. The summed E-state index contributed by atoms with van der Waals surface area (Å²) < 4.78 is 85.0. The van der Waals surface area contributed by atoms with Crippen LogP contribution in [0.2, 0.25) is 0 Å². The Hall–Kier alpha value is -2.39. The third-order valence-corrected chi connectivity index (χ3v) is 12.0. The van der Waals surface area contributed by atoms with Gasteiger partial charge in [-0.2, -0.15) is 17.2 Å². The lowest BCUT2D eigenvalue weighted by Gasteiger charge is -2.48. The van der Waals surface area contributed by atoms with Crippen molar-refractivity contribution in [2.75, 3.05) is 0 Å². The van der Waals surface area contributed by atoms with Crippen molar-refractivity contribution in [2.24, 2.45) is 28.6 Å². The Morgan fingerprint density at radius 1 is 1.12 bits per heavy atom. The maximum absolute atomic E-state index is 13.8. The van der Waals surface area contributed by atoms with Gasteiger partial charge in [0.2, 0.25) is 0 Å². The average Bonchev–Trinajstić information content (AvgIpc) is 3.60. The highest BCUT2D eigenvalue weighted by atomic mass is 32.2. The second-order valence-electron chi connectivity index (χ2n) is 12.9. The molecule has 0 radical (unpaired) electrons. The minimum Gasteiger partial charge on any atom is -0.458 e. The highest BCUT2D eigenvalue weighted by molar-refractivity contribution is 7.86. The molecule has 0 aromatic rings. The van der Waals surface area contributed by atoms with Gasteiger partial charge >= 0.3 is 39.2 Å². The molecule has 15 heteroatoms. The number of halogens is 2. The third-order valence-electron chi connectivity index (χ3n) is 11.0. The van der Waals surface area contributed by atoms with Crippen molar-refractivity contribution < 1.29 is 64.6 Å². The van der Waals surface area contributed by atoms with Gasteiger partial charge in [0.05, 0.1) is 12.8 Å². The Morgan fingerprint density at radius 3 is 2.31 bits per heavy atom. The summed E-state index contributed by atoms with van der Waals surface area (Å²) in [4.78, 5) is 51.1. The van der Waals surface area contributed by atoms with Gasteiger partial charge in [-0.15, -0.1) is 0 Å². The van der Waals surface area contributed by atoms with Gasteiger partial charge in [-0.05, 0) is 43.9 Å². The first-order chi connectivity index (χ1) is 19.3. The molecule has 3 aliphatic heterocycles. The average molecular weight is 623 g/mol. The molecular formula is C27H36F2O12S. The normalized spacial score (nSPS) is 40.1. The molecule has 2 aliphatic carbocycles. The van der Waals surface area contributed by atoms with Crippen LogP contribution in [0.1, 0.15) is 73.1 Å². The van der Waals surface area contributed by atoms with E-state index in [-0.39, 0.29) is 10.8 Å². The number of hydrogen-bond acceptors (Lipinski definition) is 11. The van der Waals surface area contributed by atoms with Gasteiger partial charge in [-0.1, -0.05) is 27.7 Å². The molecule has 5 aliphatic rings. The Morgan fingerprint density at radius 2 is 1.76 bits per heavy atom. The SMILES string of the molecule is CCC1(OC(=O)[C@H]2C3OC4C(OC(=O)C42)C3OC(=O)CCC(=O)OC(C)C(F)(F)S(=O)(=O)O)CC2CCC1(C)C2(C)C. The maximum atomic E-state index is 13.8.